The Morgan fingerprint density at radius 3 is 2.15 bits per heavy atom. The maximum Gasteiger partial charge on any atom is 0.0621 e. The summed E-state index contributed by atoms with van der Waals surface area (Å²) in [6, 6.07) is 0. The molecule has 0 saturated heterocycles. The Morgan fingerprint density at radius 1 is 1.00 bits per heavy atom. The molecule has 0 aliphatic carbocycles. The number of rotatable bonds is 1. The second kappa shape index (κ2) is 10.1. The van der Waals surface area contributed by atoms with Crippen LogP contribution in [0.3, 0.4) is 0 Å². The predicted molar refractivity (Wildman–Crippen MR) is 54.4 cm³/mol. The lowest BCUT2D eigenvalue weighted by atomic mass is 10.4. The number of allylic oxidation sites excluding steroid dienone is 3. The molecule has 0 heterocycles. The first-order chi connectivity index (χ1) is 6.41. The van der Waals surface area contributed by atoms with E-state index in [-0.39, 0.29) is 6.61 Å². The number of aliphatic hydroxyl groups is 1. The summed E-state index contributed by atoms with van der Waals surface area (Å²) in [7, 11) is 0. The molecule has 0 aromatic carbocycles. The lowest BCUT2D eigenvalue weighted by Gasteiger charge is -1.68. The van der Waals surface area contributed by atoms with Crippen molar-refractivity contribution >= 4 is 0 Å². The van der Waals surface area contributed by atoms with Crippen molar-refractivity contribution in [2.24, 2.45) is 0 Å². The minimum absolute atomic E-state index is 0.00318. The molecule has 0 aromatic heterocycles. The van der Waals surface area contributed by atoms with Gasteiger partial charge < -0.3 is 5.11 Å². The molecule has 64 valence electrons. The van der Waals surface area contributed by atoms with E-state index in [9.17, 15) is 0 Å². The van der Waals surface area contributed by atoms with Gasteiger partial charge in [-0.15, -0.1) is 0 Å². The minimum atomic E-state index is 0.00318. The zero-order valence-electron chi connectivity index (χ0n) is 7.46. The van der Waals surface area contributed by atoms with E-state index in [1.165, 1.54) is 0 Å². The van der Waals surface area contributed by atoms with Gasteiger partial charge in [0.05, 0.1) is 6.61 Å². The smallest absolute Gasteiger partial charge is 0.0621 e. The number of aliphatic hydroxyl groups excluding tert-OH is 1. The predicted octanol–water partition coefficient (Wildman–Crippen LogP) is 1.12. The van der Waals surface area contributed by atoms with Crippen LogP contribution in [0.5, 0.6) is 0 Å². The molecule has 1 heteroatoms. The Kier molecular flexibility index (Phi) is 8.66. The molecule has 0 spiro atoms. The molecule has 1 nitrogen and oxygen atoms in total. The van der Waals surface area contributed by atoms with E-state index >= 15 is 0 Å². The maximum atomic E-state index is 8.35. The van der Waals surface area contributed by atoms with Gasteiger partial charge in [-0.25, -0.2) is 0 Å². The van der Waals surface area contributed by atoms with Crippen molar-refractivity contribution in [2.45, 2.75) is 6.92 Å². The molecule has 0 fully saturated rings. The lowest BCUT2D eigenvalue weighted by molar-refractivity contribution is 0.343. The fraction of sp³-hybridized carbons (Fsp3) is 0.167. The summed E-state index contributed by atoms with van der Waals surface area (Å²) in [5, 5.41) is 8.35. The van der Waals surface area contributed by atoms with E-state index in [2.05, 4.69) is 35.5 Å². The Balaban J connectivity index is 3.92. The van der Waals surface area contributed by atoms with E-state index in [0.29, 0.717) is 0 Å². The van der Waals surface area contributed by atoms with Crippen LogP contribution in [0.25, 0.3) is 0 Å². The van der Waals surface area contributed by atoms with Crippen LogP contribution in [0.4, 0.5) is 0 Å². The molecule has 0 aromatic rings. The first-order valence-corrected chi connectivity index (χ1v) is 3.80. The average molecular weight is 170 g/mol. The van der Waals surface area contributed by atoms with Gasteiger partial charge in [0.1, 0.15) is 0 Å². The van der Waals surface area contributed by atoms with Crippen molar-refractivity contribution in [3.63, 3.8) is 0 Å². The van der Waals surface area contributed by atoms with E-state index in [1.807, 2.05) is 13.0 Å². The molecule has 0 aliphatic heterocycles. The summed E-state index contributed by atoms with van der Waals surface area (Å²) < 4.78 is 0. The molecule has 0 amide bonds. The van der Waals surface area contributed by atoms with E-state index in [4.69, 9.17) is 5.11 Å². The van der Waals surface area contributed by atoms with Crippen molar-refractivity contribution in [1.29, 1.82) is 0 Å². The summed E-state index contributed by atoms with van der Waals surface area (Å²) in [4.78, 5) is 0. The van der Waals surface area contributed by atoms with Gasteiger partial charge in [-0.3, -0.25) is 0 Å². The Labute approximate surface area is 79.2 Å². The molecule has 0 bridgehead atoms. The average Bonchev–Trinajstić information content (AvgIpc) is 2.16. The van der Waals surface area contributed by atoms with Crippen LogP contribution >= 0.6 is 0 Å². The molecule has 0 rings (SSSR count). The first kappa shape index (κ1) is 11.1. The fourth-order valence-electron chi connectivity index (χ4n) is 0.413. The van der Waals surface area contributed by atoms with E-state index < -0.39 is 0 Å². The summed E-state index contributed by atoms with van der Waals surface area (Å²) >= 11 is 0. The van der Waals surface area contributed by atoms with Crippen molar-refractivity contribution in [3.05, 3.63) is 24.3 Å². The van der Waals surface area contributed by atoms with Crippen LogP contribution in [-0.4, -0.2) is 11.7 Å². The third-order valence-electron chi connectivity index (χ3n) is 0.888. The molecule has 1 N–H and O–H groups in total. The van der Waals surface area contributed by atoms with Crippen LogP contribution in [0.15, 0.2) is 24.3 Å². The van der Waals surface area contributed by atoms with Gasteiger partial charge >= 0.3 is 0 Å². The quantitative estimate of drug-likeness (QED) is 0.585. The maximum absolute atomic E-state index is 8.35. The highest BCUT2D eigenvalue weighted by atomic mass is 16.2. The van der Waals surface area contributed by atoms with Crippen molar-refractivity contribution < 1.29 is 5.11 Å². The molecule has 13 heavy (non-hydrogen) atoms. The summed E-state index contributed by atoms with van der Waals surface area (Å²) in [5.41, 5.74) is 0. The summed E-state index contributed by atoms with van der Waals surface area (Å²) in [6.07, 6.45) is 6.65. The highest BCUT2D eigenvalue weighted by Gasteiger charge is 1.60. The highest BCUT2D eigenvalue weighted by molar-refractivity contribution is 5.39. The Morgan fingerprint density at radius 2 is 1.62 bits per heavy atom. The fourth-order valence-corrected chi connectivity index (χ4v) is 0.413. The third kappa shape index (κ3) is 10.1. The van der Waals surface area contributed by atoms with Gasteiger partial charge in [-0.05, 0) is 42.8 Å². The number of hydrogen-bond acceptors (Lipinski definition) is 1. The van der Waals surface area contributed by atoms with Gasteiger partial charge in [0.25, 0.3) is 0 Å². The molecular weight excluding hydrogens is 160 g/mol. The molecule has 0 unspecified atom stereocenters. The molecule has 0 aliphatic rings. The Hall–Kier alpha value is -1.88. The second-order valence-corrected chi connectivity index (χ2v) is 1.87. The SMILES string of the molecule is C/C=C/C#CC#CC#C/C=C/CO. The lowest BCUT2D eigenvalue weighted by Crippen LogP contribution is -1.67. The first-order valence-electron chi connectivity index (χ1n) is 3.80. The van der Waals surface area contributed by atoms with Crippen molar-refractivity contribution in [2.75, 3.05) is 6.61 Å². The van der Waals surface area contributed by atoms with E-state index in [0.717, 1.165) is 0 Å². The van der Waals surface area contributed by atoms with Crippen LogP contribution < -0.4 is 0 Å². The van der Waals surface area contributed by atoms with Gasteiger partial charge in [0, 0.05) is 0 Å². The second-order valence-electron chi connectivity index (χ2n) is 1.87. The largest absolute Gasteiger partial charge is 0.392 e. The topological polar surface area (TPSA) is 20.2 Å². The van der Waals surface area contributed by atoms with Gasteiger partial charge in [-0.1, -0.05) is 24.0 Å². The summed E-state index contributed by atoms with van der Waals surface area (Å²) in [5.74, 6) is 15.6. The standard InChI is InChI=1S/C12H10O/c1-2-3-4-5-6-7-8-9-10-11-12-13/h2-3,10-11,13H,12H2,1H3/b3-2+,11-10+. The van der Waals surface area contributed by atoms with Crippen LogP contribution in [0, 0.1) is 35.5 Å². The van der Waals surface area contributed by atoms with Crippen molar-refractivity contribution in [3.8, 4) is 35.5 Å². The van der Waals surface area contributed by atoms with E-state index in [1.54, 1.807) is 18.2 Å². The van der Waals surface area contributed by atoms with Crippen LogP contribution in [0.1, 0.15) is 6.92 Å². The molecule has 0 saturated carbocycles. The highest BCUT2D eigenvalue weighted by Crippen LogP contribution is 1.66. The normalized spacial score (nSPS) is 8.15. The van der Waals surface area contributed by atoms with Gasteiger partial charge in [-0.2, -0.15) is 0 Å². The zero-order chi connectivity index (χ0) is 9.78. The zero-order valence-corrected chi connectivity index (χ0v) is 7.46. The van der Waals surface area contributed by atoms with Crippen molar-refractivity contribution in [1.82, 2.24) is 0 Å². The molecule has 0 radical (unpaired) electrons. The number of hydrogen-bond donors (Lipinski definition) is 1. The molecular formula is C12H10O. The Bertz CT molecular complexity index is 353. The molecule has 0 atom stereocenters. The minimum Gasteiger partial charge on any atom is -0.392 e. The van der Waals surface area contributed by atoms with Crippen LogP contribution in [0.2, 0.25) is 0 Å². The summed E-state index contributed by atoms with van der Waals surface area (Å²) in [6.45, 7) is 1.89. The monoisotopic (exact) mass is 170 g/mol. The third-order valence-corrected chi connectivity index (χ3v) is 0.888. The van der Waals surface area contributed by atoms with Gasteiger partial charge in [0.2, 0.25) is 0 Å². The van der Waals surface area contributed by atoms with Gasteiger partial charge in [0.15, 0.2) is 0 Å². The van der Waals surface area contributed by atoms with Crippen LogP contribution in [-0.2, 0) is 0 Å².